The summed E-state index contributed by atoms with van der Waals surface area (Å²) in [5.74, 6) is -3.47. The van der Waals surface area contributed by atoms with Crippen LogP contribution in [0.2, 0.25) is 0 Å². The third-order valence-corrected chi connectivity index (χ3v) is 13.4. The Kier molecular flexibility index (Phi) is 9.97. The van der Waals surface area contributed by atoms with Crippen LogP contribution in [-0.2, 0) is 27.0 Å². The van der Waals surface area contributed by atoms with Gasteiger partial charge < -0.3 is 14.5 Å². The van der Waals surface area contributed by atoms with E-state index in [1.807, 2.05) is 0 Å². The molecule has 63 heavy (non-hydrogen) atoms. The first-order chi connectivity index (χ1) is 29.8. The Hall–Kier alpha value is -6.26. The first-order valence-corrected chi connectivity index (χ1v) is 20.9. The molecule has 1 atom stereocenters. The van der Waals surface area contributed by atoms with Gasteiger partial charge in [-0.2, -0.15) is 13.2 Å². The van der Waals surface area contributed by atoms with Crippen molar-refractivity contribution in [1.82, 2.24) is 20.0 Å². The summed E-state index contributed by atoms with van der Waals surface area (Å²) in [4.78, 5) is 88.1. The molecular formula is C44H39F4N7O7S. The molecule has 3 aromatic rings. The molecule has 6 aliphatic rings. The fraction of sp³-hybridized carbons (Fsp3) is 0.409. The van der Waals surface area contributed by atoms with Gasteiger partial charge in [0.2, 0.25) is 11.8 Å². The van der Waals surface area contributed by atoms with E-state index in [1.165, 1.54) is 36.9 Å². The maximum absolute atomic E-state index is 15.8. The number of anilines is 2. The topological polar surface area (TPSA) is 144 Å². The molecule has 0 saturated carbocycles. The maximum atomic E-state index is 15.8. The van der Waals surface area contributed by atoms with Gasteiger partial charge in [-0.25, -0.2) is 9.24 Å². The molecular weight excluding hydrogens is 847 g/mol. The molecule has 3 aromatic carbocycles. The summed E-state index contributed by atoms with van der Waals surface area (Å²) in [7, 11) is 0. The van der Waals surface area contributed by atoms with Crippen molar-refractivity contribution in [2.75, 3.05) is 42.5 Å². The van der Waals surface area contributed by atoms with Crippen molar-refractivity contribution in [1.29, 1.82) is 0 Å². The molecule has 0 radical (unpaired) electrons. The van der Waals surface area contributed by atoms with Crippen molar-refractivity contribution >= 4 is 69.8 Å². The fourth-order valence-electron chi connectivity index (χ4n) is 9.71. The fourth-order valence-corrected chi connectivity index (χ4v) is 10.2. The number of fused-ring (bicyclic) bond motifs is 2. The normalized spacial score (nSPS) is 22.2. The molecule has 0 bridgehead atoms. The monoisotopic (exact) mass is 885 g/mol. The third-order valence-electron chi connectivity index (χ3n) is 13.0. The first-order valence-electron chi connectivity index (χ1n) is 20.5. The van der Waals surface area contributed by atoms with Crippen LogP contribution in [0, 0.1) is 18.3 Å². The standard InChI is InChI=1S/C44H39F4N7O7S/c1-42(2)40(61)53(25-5-7-32(49-3)30(17-25)44(46,47)48)41(63)55(42)26-4-6-27(31(45)18-26)37(58)52-14-11-23(12-15-52)20-51-21-43(22-51)13-10-24-16-28-29(19-34(24)62-43)39(60)54(38(28)59)33-8-9-35(56)50-36(33)57/h4-7,16-19,23,33H,8-15,20-22H2,1-2H3,(H,50,56,57). The molecule has 14 nitrogen and oxygen atoms in total. The lowest BCUT2D eigenvalue weighted by Gasteiger charge is -2.53. The molecule has 4 fully saturated rings. The minimum atomic E-state index is -4.86. The lowest BCUT2D eigenvalue weighted by Crippen LogP contribution is -2.66. The molecule has 4 saturated heterocycles. The molecule has 6 amide bonds. The number of likely N-dealkylation sites (tertiary alicyclic amines) is 2. The Balaban J connectivity index is 0.797. The van der Waals surface area contributed by atoms with E-state index in [-0.39, 0.29) is 51.9 Å². The number of benzene rings is 3. The Bertz CT molecular complexity index is 2610. The predicted octanol–water partition coefficient (Wildman–Crippen LogP) is 5.64. The van der Waals surface area contributed by atoms with Crippen molar-refractivity contribution in [3.8, 4) is 5.75 Å². The Labute approximate surface area is 363 Å². The van der Waals surface area contributed by atoms with Gasteiger partial charge in [0.05, 0.1) is 28.8 Å². The van der Waals surface area contributed by atoms with Crippen molar-refractivity contribution in [3.63, 3.8) is 0 Å². The second-order valence-corrected chi connectivity index (χ2v) is 17.8. The number of hydrogen-bond donors (Lipinski definition) is 1. The molecule has 1 spiro atoms. The van der Waals surface area contributed by atoms with Gasteiger partial charge in [0.1, 0.15) is 28.7 Å². The molecule has 0 aliphatic carbocycles. The van der Waals surface area contributed by atoms with Crippen LogP contribution in [0.15, 0.2) is 48.5 Å². The number of aryl methyl sites for hydroxylation is 1. The Morgan fingerprint density at radius 2 is 1.62 bits per heavy atom. The van der Waals surface area contributed by atoms with E-state index in [0.717, 1.165) is 34.0 Å². The van der Waals surface area contributed by atoms with Crippen molar-refractivity contribution < 1.29 is 51.1 Å². The minimum Gasteiger partial charge on any atom is -0.484 e. The Morgan fingerprint density at radius 3 is 2.27 bits per heavy atom. The van der Waals surface area contributed by atoms with Crippen LogP contribution in [-0.4, -0.2) is 105 Å². The van der Waals surface area contributed by atoms with Gasteiger partial charge in [0.15, 0.2) is 10.8 Å². The molecule has 6 heterocycles. The number of thiocarbonyl (C=S) groups is 1. The van der Waals surface area contributed by atoms with E-state index in [9.17, 15) is 41.9 Å². The van der Waals surface area contributed by atoms with E-state index in [4.69, 9.17) is 23.5 Å². The summed E-state index contributed by atoms with van der Waals surface area (Å²) < 4.78 is 63.6. The highest BCUT2D eigenvalue weighted by Crippen LogP contribution is 2.44. The summed E-state index contributed by atoms with van der Waals surface area (Å²) in [5.41, 5.74) is -2.78. The van der Waals surface area contributed by atoms with Crippen molar-refractivity contribution in [3.05, 3.63) is 93.6 Å². The van der Waals surface area contributed by atoms with Crippen LogP contribution in [0.5, 0.6) is 5.75 Å². The smallest absolute Gasteiger partial charge is 0.407 e. The molecule has 19 heteroatoms. The molecule has 1 N–H and O–H groups in total. The van der Waals surface area contributed by atoms with E-state index < -0.39 is 75.9 Å². The number of rotatable bonds is 6. The van der Waals surface area contributed by atoms with E-state index in [2.05, 4.69) is 15.1 Å². The van der Waals surface area contributed by atoms with Crippen LogP contribution < -0.4 is 19.9 Å². The van der Waals surface area contributed by atoms with Crippen molar-refractivity contribution in [2.24, 2.45) is 5.92 Å². The number of nitrogens with one attached hydrogen (secondary N) is 1. The second kappa shape index (κ2) is 14.9. The zero-order valence-corrected chi connectivity index (χ0v) is 34.8. The largest absolute Gasteiger partial charge is 0.484 e. The number of halogens is 4. The zero-order valence-electron chi connectivity index (χ0n) is 34.0. The molecule has 1 unspecified atom stereocenters. The molecule has 326 valence electrons. The highest BCUT2D eigenvalue weighted by Gasteiger charge is 2.52. The van der Waals surface area contributed by atoms with Gasteiger partial charge in [-0.05, 0) is 112 Å². The predicted molar refractivity (Wildman–Crippen MR) is 221 cm³/mol. The number of piperidine rings is 2. The average molecular weight is 886 g/mol. The highest BCUT2D eigenvalue weighted by molar-refractivity contribution is 7.81. The summed E-state index contributed by atoms with van der Waals surface area (Å²) in [5, 5.41) is 2.01. The van der Waals surface area contributed by atoms with E-state index in [0.29, 0.717) is 63.7 Å². The number of carbonyl (C=O) groups excluding carboxylic acids is 6. The first kappa shape index (κ1) is 42.1. The highest BCUT2D eigenvalue weighted by atomic mass is 32.1. The van der Waals surface area contributed by atoms with E-state index >= 15 is 4.39 Å². The number of hydrogen-bond acceptors (Lipinski definition) is 9. The van der Waals surface area contributed by atoms with Gasteiger partial charge >= 0.3 is 6.18 Å². The SMILES string of the molecule is [C-]#[N+]c1ccc(N2C(=O)C(C)(C)N(c3ccc(C(=O)N4CCC(CN5CC6(CCc7cc8c(cc7O6)C(=O)N(C6CCC(=O)NC6=O)C8=O)C5)CC4)c(F)c3)C2=S)cc1C(F)(F)F. The molecule has 6 aliphatic heterocycles. The number of ether oxygens (including phenoxy) is 1. The lowest BCUT2D eigenvalue weighted by atomic mass is 9.82. The van der Waals surface area contributed by atoms with Crippen LogP contribution in [0.4, 0.5) is 34.6 Å². The number of amides is 6. The second-order valence-electron chi connectivity index (χ2n) is 17.4. The number of nitrogens with zero attached hydrogens (tertiary/aromatic N) is 6. The number of carbonyl (C=O) groups is 6. The van der Waals surface area contributed by atoms with Crippen LogP contribution >= 0.6 is 12.2 Å². The zero-order chi connectivity index (χ0) is 44.9. The van der Waals surface area contributed by atoms with Gasteiger partial charge in [-0.3, -0.25) is 48.8 Å². The third kappa shape index (κ3) is 6.99. The maximum Gasteiger partial charge on any atom is 0.407 e. The number of alkyl halides is 3. The average Bonchev–Trinajstić information content (AvgIpc) is 3.56. The summed E-state index contributed by atoms with van der Waals surface area (Å²) >= 11 is 5.58. The molecule has 9 rings (SSSR count). The summed E-state index contributed by atoms with van der Waals surface area (Å²) in [6.45, 7) is 13.0. The van der Waals surface area contributed by atoms with Crippen LogP contribution in [0.3, 0.4) is 0 Å². The molecule has 0 aromatic heterocycles. The number of imide groups is 2. The lowest BCUT2D eigenvalue weighted by molar-refractivity contribution is -0.137. The van der Waals surface area contributed by atoms with Crippen molar-refractivity contribution in [2.45, 2.75) is 75.7 Å². The van der Waals surface area contributed by atoms with Gasteiger partial charge in [-0.1, -0.05) is 6.07 Å². The van der Waals surface area contributed by atoms with Crippen LogP contribution in [0.25, 0.3) is 4.85 Å². The minimum absolute atomic E-state index is 0.0330. The van der Waals surface area contributed by atoms with Gasteiger partial charge in [-0.15, -0.1) is 0 Å². The van der Waals surface area contributed by atoms with E-state index in [1.54, 1.807) is 17.0 Å². The van der Waals surface area contributed by atoms with Crippen LogP contribution in [0.1, 0.15) is 88.2 Å². The van der Waals surface area contributed by atoms with Gasteiger partial charge in [0.25, 0.3) is 23.6 Å². The Morgan fingerprint density at radius 1 is 0.937 bits per heavy atom. The van der Waals surface area contributed by atoms with Gasteiger partial charge in [0, 0.05) is 50.5 Å². The quantitative estimate of drug-likeness (QED) is 0.143. The summed E-state index contributed by atoms with van der Waals surface area (Å²) in [6.07, 6.45) is -2.04. The summed E-state index contributed by atoms with van der Waals surface area (Å²) in [6, 6.07) is 8.93.